The number of halogens is 1. The average molecular weight is 199 g/mol. The monoisotopic (exact) mass is 198 g/mol. The predicted molar refractivity (Wildman–Crippen MR) is 56.2 cm³/mol. The summed E-state index contributed by atoms with van der Waals surface area (Å²) in [5.41, 5.74) is 2.09. The lowest BCUT2D eigenvalue weighted by atomic mass is 9.93. The lowest BCUT2D eigenvalue weighted by Crippen LogP contribution is -2.17. The first-order chi connectivity index (χ1) is 5.84. The summed E-state index contributed by atoms with van der Waals surface area (Å²) in [5.74, 6) is 0. The SMILES string of the molecule is Cc1ccc(C(C)(C)O)c(C)c1Cl. The second-order valence-electron chi connectivity index (χ2n) is 3.93. The molecule has 0 amide bonds. The number of rotatable bonds is 1. The van der Waals surface area contributed by atoms with Crippen molar-refractivity contribution >= 4 is 11.6 Å². The van der Waals surface area contributed by atoms with Crippen molar-refractivity contribution in [3.05, 3.63) is 33.8 Å². The molecule has 0 radical (unpaired) electrons. The number of aryl methyl sites for hydroxylation is 1. The zero-order valence-corrected chi connectivity index (χ0v) is 9.24. The highest BCUT2D eigenvalue weighted by Gasteiger charge is 2.19. The Kier molecular flexibility index (Phi) is 2.69. The predicted octanol–water partition coefficient (Wildman–Crippen LogP) is 3.18. The molecule has 0 heterocycles. The Labute approximate surface area is 84.4 Å². The lowest BCUT2D eigenvalue weighted by Gasteiger charge is -2.21. The van der Waals surface area contributed by atoms with Crippen LogP contribution in [0.1, 0.15) is 30.5 Å². The maximum absolute atomic E-state index is 9.83. The molecule has 1 N–H and O–H groups in total. The minimum atomic E-state index is -0.818. The van der Waals surface area contributed by atoms with Gasteiger partial charge in [-0.1, -0.05) is 23.7 Å². The van der Waals surface area contributed by atoms with Crippen LogP contribution in [0, 0.1) is 13.8 Å². The highest BCUT2D eigenvalue weighted by atomic mass is 35.5. The number of hydrogen-bond acceptors (Lipinski definition) is 1. The highest BCUT2D eigenvalue weighted by Crippen LogP contribution is 2.30. The normalized spacial score (nSPS) is 11.8. The number of aliphatic hydroxyl groups is 1. The van der Waals surface area contributed by atoms with Crippen LogP contribution in [0.5, 0.6) is 0 Å². The third kappa shape index (κ3) is 2.04. The Hall–Kier alpha value is -0.530. The first-order valence-electron chi connectivity index (χ1n) is 4.32. The summed E-state index contributed by atoms with van der Waals surface area (Å²) in [4.78, 5) is 0. The molecule has 1 aromatic rings. The molecule has 0 aromatic heterocycles. The van der Waals surface area contributed by atoms with E-state index in [9.17, 15) is 5.11 Å². The molecule has 72 valence electrons. The molecule has 0 saturated carbocycles. The maximum Gasteiger partial charge on any atom is 0.0843 e. The Balaban J connectivity index is 3.35. The van der Waals surface area contributed by atoms with Gasteiger partial charge in [-0.05, 0) is 44.4 Å². The molecular formula is C11H15ClO. The molecule has 0 bridgehead atoms. The quantitative estimate of drug-likeness (QED) is 0.735. The molecule has 1 nitrogen and oxygen atoms in total. The molecule has 0 aliphatic rings. The number of hydrogen-bond donors (Lipinski definition) is 1. The summed E-state index contributed by atoms with van der Waals surface area (Å²) < 4.78 is 0. The molecule has 0 spiro atoms. The molecule has 0 saturated heterocycles. The van der Waals surface area contributed by atoms with Gasteiger partial charge in [-0.2, -0.15) is 0 Å². The van der Waals surface area contributed by atoms with Crippen LogP contribution in [0.15, 0.2) is 12.1 Å². The van der Waals surface area contributed by atoms with E-state index < -0.39 is 5.60 Å². The zero-order valence-electron chi connectivity index (χ0n) is 8.48. The van der Waals surface area contributed by atoms with Crippen LogP contribution in [0.2, 0.25) is 5.02 Å². The maximum atomic E-state index is 9.83. The van der Waals surface area contributed by atoms with Crippen LogP contribution < -0.4 is 0 Å². The van der Waals surface area contributed by atoms with E-state index in [-0.39, 0.29) is 0 Å². The molecule has 1 rings (SSSR count). The van der Waals surface area contributed by atoms with E-state index in [0.717, 1.165) is 21.7 Å². The minimum Gasteiger partial charge on any atom is -0.386 e. The van der Waals surface area contributed by atoms with Gasteiger partial charge in [0.15, 0.2) is 0 Å². The van der Waals surface area contributed by atoms with E-state index in [0.29, 0.717) is 0 Å². The van der Waals surface area contributed by atoms with Crippen molar-refractivity contribution in [2.75, 3.05) is 0 Å². The Morgan fingerprint density at radius 3 is 2.23 bits per heavy atom. The van der Waals surface area contributed by atoms with Crippen molar-refractivity contribution in [3.63, 3.8) is 0 Å². The Bertz CT molecular complexity index is 324. The second kappa shape index (κ2) is 3.32. The summed E-state index contributed by atoms with van der Waals surface area (Å²) >= 11 is 6.08. The van der Waals surface area contributed by atoms with Gasteiger partial charge in [-0.15, -0.1) is 0 Å². The molecule has 0 aliphatic carbocycles. The van der Waals surface area contributed by atoms with Gasteiger partial charge in [0.05, 0.1) is 5.60 Å². The van der Waals surface area contributed by atoms with Gasteiger partial charge < -0.3 is 5.11 Å². The molecule has 0 unspecified atom stereocenters. The van der Waals surface area contributed by atoms with Gasteiger partial charge in [0.1, 0.15) is 0 Å². The Morgan fingerprint density at radius 1 is 1.23 bits per heavy atom. The van der Waals surface area contributed by atoms with Crippen LogP contribution in [0.25, 0.3) is 0 Å². The molecule has 0 aliphatic heterocycles. The van der Waals surface area contributed by atoms with Crippen molar-refractivity contribution < 1.29 is 5.11 Å². The first-order valence-corrected chi connectivity index (χ1v) is 4.70. The Morgan fingerprint density at radius 2 is 1.77 bits per heavy atom. The summed E-state index contributed by atoms with van der Waals surface area (Å²) in [6.07, 6.45) is 0. The van der Waals surface area contributed by atoms with Gasteiger partial charge in [0, 0.05) is 5.02 Å². The zero-order chi connectivity index (χ0) is 10.2. The lowest BCUT2D eigenvalue weighted by molar-refractivity contribution is 0.0779. The number of benzene rings is 1. The summed E-state index contributed by atoms with van der Waals surface area (Å²) in [6, 6.07) is 3.86. The van der Waals surface area contributed by atoms with Crippen LogP contribution in [-0.2, 0) is 5.60 Å². The fraction of sp³-hybridized carbons (Fsp3) is 0.455. The van der Waals surface area contributed by atoms with E-state index in [4.69, 9.17) is 11.6 Å². The van der Waals surface area contributed by atoms with Crippen molar-refractivity contribution in [3.8, 4) is 0 Å². The molecular weight excluding hydrogens is 184 g/mol. The third-order valence-corrected chi connectivity index (χ3v) is 2.82. The smallest absolute Gasteiger partial charge is 0.0843 e. The van der Waals surface area contributed by atoms with Gasteiger partial charge >= 0.3 is 0 Å². The van der Waals surface area contributed by atoms with Crippen LogP contribution in [0.4, 0.5) is 0 Å². The fourth-order valence-electron chi connectivity index (χ4n) is 1.48. The van der Waals surface area contributed by atoms with Gasteiger partial charge in [0.25, 0.3) is 0 Å². The van der Waals surface area contributed by atoms with Gasteiger partial charge in [-0.25, -0.2) is 0 Å². The highest BCUT2D eigenvalue weighted by molar-refractivity contribution is 6.32. The largest absolute Gasteiger partial charge is 0.386 e. The third-order valence-electron chi connectivity index (χ3n) is 2.24. The van der Waals surface area contributed by atoms with Gasteiger partial charge in [0.2, 0.25) is 0 Å². The van der Waals surface area contributed by atoms with Crippen molar-refractivity contribution in [2.24, 2.45) is 0 Å². The van der Waals surface area contributed by atoms with E-state index in [2.05, 4.69) is 0 Å². The van der Waals surface area contributed by atoms with Gasteiger partial charge in [-0.3, -0.25) is 0 Å². The fourth-order valence-corrected chi connectivity index (χ4v) is 1.65. The molecule has 0 atom stereocenters. The average Bonchev–Trinajstić information content (AvgIpc) is 1.98. The summed E-state index contributed by atoms with van der Waals surface area (Å²) in [6.45, 7) is 7.42. The van der Waals surface area contributed by atoms with Crippen molar-refractivity contribution in [1.29, 1.82) is 0 Å². The van der Waals surface area contributed by atoms with E-state index in [1.54, 1.807) is 13.8 Å². The van der Waals surface area contributed by atoms with Crippen LogP contribution in [0.3, 0.4) is 0 Å². The second-order valence-corrected chi connectivity index (χ2v) is 4.31. The standard InChI is InChI=1S/C11H15ClO/c1-7-5-6-9(11(3,4)13)8(2)10(7)12/h5-6,13H,1-4H3. The summed E-state index contributed by atoms with van der Waals surface area (Å²) in [5, 5.41) is 10.6. The molecule has 2 heteroatoms. The van der Waals surface area contributed by atoms with Crippen molar-refractivity contribution in [1.82, 2.24) is 0 Å². The van der Waals surface area contributed by atoms with E-state index in [1.165, 1.54) is 0 Å². The van der Waals surface area contributed by atoms with E-state index >= 15 is 0 Å². The first kappa shape index (κ1) is 10.6. The van der Waals surface area contributed by atoms with E-state index in [1.807, 2.05) is 26.0 Å². The van der Waals surface area contributed by atoms with Crippen LogP contribution >= 0.6 is 11.6 Å². The van der Waals surface area contributed by atoms with Crippen molar-refractivity contribution in [2.45, 2.75) is 33.3 Å². The molecule has 13 heavy (non-hydrogen) atoms. The van der Waals surface area contributed by atoms with Crippen LogP contribution in [-0.4, -0.2) is 5.11 Å². The minimum absolute atomic E-state index is 0.750. The molecule has 0 fully saturated rings. The topological polar surface area (TPSA) is 20.2 Å². The summed E-state index contributed by atoms with van der Waals surface area (Å²) in [7, 11) is 0. The molecule has 1 aromatic carbocycles.